The van der Waals surface area contributed by atoms with Gasteiger partial charge in [0.15, 0.2) is 0 Å². The Balaban J connectivity index is 2.28. The van der Waals surface area contributed by atoms with Gasteiger partial charge >= 0.3 is 0 Å². The van der Waals surface area contributed by atoms with Gasteiger partial charge in [-0.15, -0.1) is 0 Å². The molecule has 21 heavy (non-hydrogen) atoms. The molecule has 0 heterocycles. The topological polar surface area (TPSA) is 30.5 Å². The van der Waals surface area contributed by atoms with E-state index in [-0.39, 0.29) is 6.04 Å². The van der Waals surface area contributed by atoms with Crippen LogP contribution in [0.1, 0.15) is 17.2 Å². The van der Waals surface area contributed by atoms with Crippen molar-refractivity contribution in [3.63, 3.8) is 0 Å². The second-order valence-electron chi connectivity index (χ2n) is 4.74. The Morgan fingerprint density at radius 3 is 2.48 bits per heavy atom. The van der Waals surface area contributed by atoms with Gasteiger partial charge < -0.3 is 14.8 Å². The van der Waals surface area contributed by atoms with E-state index in [0.29, 0.717) is 0 Å². The van der Waals surface area contributed by atoms with Gasteiger partial charge in [-0.25, -0.2) is 0 Å². The normalized spacial score (nSPS) is 12.0. The lowest BCUT2D eigenvalue weighted by Gasteiger charge is -2.20. The van der Waals surface area contributed by atoms with Crippen molar-refractivity contribution in [2.45, 2.75) is 12.5 Å². The highest BCUT2D eigenvalue weighted by Crippen LogP contribution is 2.31. The number of para-hydroxylation sites is 1. The maximum absolute atomic E-state index is 5.43. The first-order chi connectivity index (χ1) is 10.2. The first kappa shape index (κ1) is 15.9. The molecule has 0 saturated carbocycles. The minimum atomic E-state index is 0.196. The van der Waals surface area contributed by atoms with Crippen LogP contribution in [0.2, 0.25) is 0 Å². The van der Waals surface area contributed by atoms with E-state index < -0.39 is 0 Å². The average molecular weight is 350 g/mol. The Morgan fingerprint density at radius 2 is 1.86 bits per heavy atom. The Morgan fingerprint density at radius 1 is 1.10 bits per heavy atom. The predicted molar refractivity (Wildman–Crippen MR) is 89.2 cm³/mol. The van der Waals surface area contributed by atoms with Gasteiger partial charge in [0.1, 0.15) is 11.5 Å². The molecule has 0 spiro atoms. The highest BCUT2D eigenvalue weighted by Gasteiger charge is 2.16. The summed E-state index contributed by atoms with van der Waals surface area (Å²) in [5.74, 6) is 1.76. The van der Waals surface area contributed by atoms with Gasteiger partial charge in [0, 0.05) is 10.5 Å². The summed E-state index contributed by atoms with van der Waals surface area (Å²) in [6.45, 7) is 0. The SMILES string of the molecule is CNC(Cc1ccccc1OC)c1ccc(OC)cc1Br. The van der Waals surface area contributed by atoms with E-state index in [1.807, 2.05) is 37.4 Å². The monoisotopic (exact) mass is 349 g/mol. The Bertz CT molecular complexity index is 601. The summed E-state index contributed by atoms with van der Waals surface area (Å²) in [6.07, 6.45) is 0.853. The molecule has 1 atom stereocenters. The third-order valence-electron chi connectivity index (χ3n) is 3.55. The summed E-state index contributed by atoms with van der Waals surface area (Å²) in [5.41, 5.74) is 2.38. The van der Waals surface area contributed by atoms with Gasteiger partial charge in [0.05, 0.1) is 14.2 Å². The Hall–Kier alpha value is -1.52. The third kappa shape index (κ3) is 3.77. The van der Waals surface area contributed by atoms with Crippen LogP contribution in [-0.2, 0) is 6.42 Å². The van der Waals surface area contributed by atoms with Crippen LogP contribution in [0, 0.1) is 0 Å². The molecular formula is C17H20BrNO2. The minimum Gasteiger partial charge on any atom is -0.497 e. The van der Waals surface area contributed by atoms with Crippen molar-refractivity contribution in [2.75, 3.05) is 21.3 Å². The maximum atomic E-state index is 5.43. The summed E-state index contributed by atoms with van der Waals surface area (Å²) in [6, 6.07) is 14.4. The first-order valence-corrected chi connectivity index (χ1v) is 7.61. The van der Waals surface area contributed by atoms with E-state index in [1.54, 1.807) is 14.2 Å². The van der Waals surface area contributed by atoms with E-state index in [0.717, 1.165) is 22.4 Å². The van der Waals surface area contributed by atoms with Crippen molar-refractivity contribution in [1.29, 1.82) is 0 Å². The van der Waals surface area contributed by atoms with Crippen molar-refractivity contribution in [3.05, 3.63) is 58.1 Å². The molecule has 0 aliphatic heterocycles. The van der Waals surface area contributed by atoms with Gasteiger partial charge in [-0.1, -0.05) is 40.2 Å². The van der Waals surface area contributed by atoms with E-state index in [2.05, 4.69) is 33.4 Å². The highest BCUT2D eigenvalue weighted by atomic mass is 79.9. The number of ether oxygens (including phenoxy) is 2. The van der Waals surface area contributed by atoms with Gasteiger partial charge in [0.2, 0.25) is 0 Å². The molecule has 2 rings (SSSR count). The molecule has 1 unspecified atom stereocenters. The fourth-order valence-electron chi connectivity index (χ4n) is 2.38. The third-order valence-corrected chi connectivity index (χ3v) is 4.23. The molecule has 3 nitrogen and oxygen atoms in total. The van der Waals surface area contributed by atoms with Crippen molar-refractivity contribution in [2.24, 2.45) is 0 Å². The number of likely N-dealkylation sites (N-methyl/N-ethyl adjacent to an activating group) is 1. The molecular weight excluding hydrogens is 330 g/mol. The van der Waals surface area contributed by atoms with Crippen LogP contribution < -0.4 is 14.8 Å². The van der Waals surface area contributed by atoms with Crippen LogP contribution in [0.15, 0.2) is 46.9 Å². The van der Waals surface area contributed by atoms with Crippen molar-refractivity contribution < 1.29 is 9.47 Å². The lowest BCUT2D eigenvalue weighted by atomic mass is 9.98. The summed E-state index contributed by atoms with van der Waals surface area (Å²) in [7, 11) is 5.35. The fourth-order valence-corrected chi connectivity index (χ4v) is 3.01. The van der Waals surface area contributed by atoms with Gasteiger partial charge in [-0.2, -0.15) is 0 Å². The molecule has 1 N–H and O–H groups in total. The molecule has 112 valence electrons. The molecule has 0 aromatic heterocycles. The molecule has 0 fully saturated rings. The number of methoxy groups -OCH3 is 2. The van der Waals surface area contributed by atoms with Crippen molar-refractivity contribution >= 4 is 15.9 Å². The van der Waals surface area contributed by atoms with Crippen LogP contribution in [0.25, 0.3) is 0 Å². The standard InChI is InChI=1S/C17H20BrNO2/c1-19-16(10-12-6-4-5-7-17(12)21-3)14-9-8-13(20-2)11-15(14)18/h4-9,11,16,19H,10H2,1-3H3. The van der Waals surface area contributed by atoms with E-state index >= 15 is 0 Å². The lowest BCUT2D eigenvalue weighted by Crippen LogP contribution is -2.19. The number of benzene rings is 2. The Labute approximate surface area is 134 Å². The molecule has 2 aromatic rings. The van der Waals surface area contributed by atoms with Crippen LogP contribution in [0.4, 0.5) is 0 Å². The zero-order valence-electron chi connectivity index (χ0n) is 12.5. The zero-order chi connectivity index (χ0) is 15.2. The molecule has 4 heteroatoms. The minimum absolute atomic E-state index is 0.196. The number of nitrogens with one attached hydrogen (secondary N) is 1. The molecule has 0 aliphatic carbocycles. The molecule has 0 saturated heterocycles. The Kier molecular flexibility index (Phi) is 5.65. The fraction of sp³-hybridized carbons (Fsp3) is 0.294. The number of rotatable bonds is 6. The number of hydrogen-bond donors (Lipinski definition) is 1. The smallest absolute Gasteiger partial charge is 0.122 e. The van der Waals surface area contributed by atoms with Gasteiger partial charge in [-0.05, 0) is 42.8 Å². The van der Waals surface area contributed by atoms with E-state index in [1.165, 1.54) is 11.1 Å². The van der Waals surface area contributed by atoms with E-state index in [4.69, 9.17) is 9.47 Å². The summed E-state index contributed by atoms with van der Waals surface area (Å²) < 4.78 is 11.7. The van der Waals surface area contributed by atoms with Crippen LogP contribution in [0.3, 0.4) is 0 Å². The highest BCUT2D eigenvalue weighted by molar-refractivity contribution is 9.10. The first-order valence-electron chi connectivity index (χ1n) is 6.82. The quantitative estimate of drug-likeness (QED) is 0.855. The molecule has 0 radical (unpaired) electrons. The largest absolute Gasteiger partial charge is 0.497 e. The second kappa shape index (κ2) is 7.48. The second-order valence-corrected chi connectivity index (χ2v) is 5.60. The number of hydrogen-bond acceptors (Lipinski definition) is 3. The molecule has 0 bridgehead atoms. The average Bonchev–Trinajstić information content (AvgIpc) is 2.53. The molecule has 0 aliphatic rings. The van der Waals surface area contributed by atoms with E-state index in [9.17, 15) is 0 Å². The summed E-state index contributed by atoms with van der Waals surface area (Å²) in [4.78, 5) is 0. The van der Waals surface area contributed by atoms with Crippen molar-refractivity contribution in [1.82, 2.24) is 5.32 Å². The van der Waals surface area contributed by atoms with Crippen LogP contribution in [0.5, 0.6) is 11.5 Å². The maximum Gasteiger partial charge on any atom is 0.122 e. The lowest BCUT2D eigenvalue weighted by molar-refractivity contribution is 0.406. The van der Waals surface area contributed by atoms with Crippen LogP contribution >= 0.6 is 15.9 Å². The van der Waals surface area contributed by atoms with Crippen molar-refractivity contribution in [3.8, 4) is 11.5 Å². The zero-order valence-corrected chi connectivity index (χ0v) is 14.1. The number of halogens is 1. The van der Waals surface area contributed by atoms with Gasteiger partial charge in [0.25, 0.3) is 0 Å². The predicted octanol–water partition coefficient (Wildman–Crippen LogP) is 3.97. The van der Waals surface area contributed by atoms with Gasteiger partial charge in [-0.3, -0.25) is 0 Å². The summed E-state index contributed by atoms with van der Waals surface area (Å²) >= 11 is 3.63. The molecule has 2 aromatic carbocycles. The summed E-state index contributed by atoms with van der Waals surface area (Å²) in [5, 5.41) is 3.37. The van der Waals surface area contributed by atoms with Crippen LogP contribution in [-0.4, -0.2) is 21.3 Å². The molecule has 0 amide bonds.